The van der Waals surface area contributed by atoms with E-state index in [4.69, 9.17) is 5.26 Å². The van der Waals surface area contributed by atoms with E-state index in [-0.39, 0.29) is 22.9 Å². The first-order valence-corrected chi connectivity index (χ1v) is 7.83. The van der Waals surface area contributed by atoms with Gasteiger partial charge >= 0.3 is 0 Å². The van der Waals surface area contributed by atoms with Crippen LogP contribution in [0.4, 0.5) is 0 Å². The van der Waals surface area contributed by atoms with Crippen molar-refractivity contribution < 1.29 is 9.59 Å². The summed E-state index contributed by atoms with van der Waals surface area (Å²) >= 11 is 0. The number of aryl methyl sites for hydroxylation is 1. The number of aromatic nitrogens is 3. The van der Waals surface area contributed by atoms with Gasteiger partial charge in [0.2, 0.25) is 12.1 Å². The highest BCUT2D eigenvalue weighted by Crippen LogP contribution is 2.24. The molecule has 0 fully saturated rings. The molecular weight excluding hydrogens is 320 g/mol. The number of fused-ring (bicyclic) bond motifs is 1. The molecule has 1 aliphatic heterocycles. The lowest BCUT2D eigenvalue weighted by molar-refractivity contribution is -0.129. The van der Waals surface area contributed by atoms with Crippen molar-refractivity contribution in [1.82, 2.24) is 19.7 Å². The third-order valence-electron chi connectivity index (χ3n) is 4.18. The van der Waals surface area contributed by atoms with E-state index in [1.165, 1.54) is 11.7 Å². The van der Waals surface area contributed by atoms with Gasteiger partial charge in [0.15, 0.2) is 5.69 Å². The molecule has 2 amide bonds. The number of rotatable bonds is 2. The molecule has 0 radical (unpaired) electrons. The molecule has 1 aliphatic rings. The van der Waals surface area contributed by atoms with Gasteiger partial charge in [-0.15, -0.1) is 4.99 Å². The van der Waals surface area contributed by atoms with E-state index in [9.17, 15) is 9.59 Å². The monoisotopic (exact) mass is 336 g/mol. The summed E-state index contributed by atoms with van der Waals surface area (Å²) in [6.45, 7) is 3.67. The topological polar surface area (TPSA) is 104 Å². The highest BCUT2D eigenvalue weighted by molar-refractivity contribution is 6.09. The summed E-state index contributed by atoms with van der Waals surface area (Å²) < 4.78 is 1.36. The van der Waals surface area contributed by atoms with Crippen LogP contribution in [-0.2, 0) is 11.2 Å². The lowest BCUT2D eigenvalue weighted by Gasteiger charge is -2.26. The van der Waals surface area contributed by atoms with Gasteiger partial charge in [0.1, 0.15) is 0 Å². The minimum atomic E-state index is -0.630. The molecule has 0 bridgehead atoms. The molecule has 1 unspecified atom stereocenters. The number of hydrogen-bond acceptors (Lipinski definition) is 6. The van der Waals surface area contributed by atoms with E-state index in [0.717, 1.165) is 16.9 Å². The first kappa shape index (κ1) is 16.5. The van der Waals surface area contributed by atoms with Crippen molar-refractivity contribution in [1.29, 1.82) is 5.26 Å². The lowest BCUT2D eigenvalue weighted by atomic mass is 9.99. The predicted molar refractivity (Wildman–Crippen MR) is 87.4 cm³/mol. The number of amides is 2. The lowest BCUT2D eigenvalue weighted by Crippen LogP contribution is -2.45. The van der Waals surface area contributed by atoms with Crippen LogP contribution in [-0.4, -0.2) is 38.5 Å². The summed E-state index contributed by atoms with van der Waals surface area (Å²) in [4.78, 5) is 33.6. The average molecular weight is 336 g/mol. The summed E-state index contributed by atoms with van der Waals surface area (Å²) in [6, 6.07) is 7.51. The van der Waals surface area contributed by atoms with E-state index >= 15 is 0 Å². The van der Waals surface area contributed by atoms with Crippen molar-refractivity contribution in [2.24, 2.45) is 4.99 Å². The highest BCUT2D eigenvalue weighted by Gasteiger charge is 2.37. The Hall–Kier alpha value is -3.34. The summed E-state index contributed by atoms with van der Waals surface area (Å²) in [6.07, 6.45) is 2.52. The van der Waals surface area contributed by atoms with Crippen LogP contribution in [0.1, 0.15) is 41.5 Å². The molecule has 1 aromatic carbocycles. The molecule has 0 spiro atoms. The van der Waals surface area contributed by atoms with Gasteiger partial charge in [0.05, 0.1) is 17.3 Å². The van der Waals surface area contributed by atoms with Gasteiger partial charge in [-0.05, 0) is 31.0 Å². The van der Waals surface area contributed by atoms with Gasteiger partial charge in [-0.3, -0.25) is 14.5 Å². The molecule has 0 saturated heterocycles. The number of likely N-dealkylation sites (N-methyl/N-ethyl adjacent to an activating group) is 1. The molecule has 0 aliphatic carbocycles. The van der Waals surface area contributed by atoms with Crippen molar-refractivity contribution in [3.05, 3.63) is 46.8 Å². The third-order valence-corrected chi connectivity index (χ3v) is 4.18. The Labute approximate surface area is 144 Å². The fourth-order valence-corrected chi connectivity index (χ4v) is 2.72. The quantitative estimate of drug-likeness (QED) is 0.599. The minimum absolute atomic E-state index is 0.0338. The Kier molecular flexibility index (Phi) is 4.15. The molecule has 8 heteroatoms. The number of imide groups is 1. The van der Waals surface area contributed by atoms with Crippen LogP contribution in [0.15, 0.2) is 29.3 Å². The fraction of sp³-hybridized carbons (Fsp3) is 0.294. The molecule has 3 rings (SSSR count). The number of hydrogen-bond donors (Lipinski definition) is 0. The third kappa shape index (κ3) is 2.70. The zero-order valence-corrected chi connectivity index (χ0v) is 14.1. The van der Waals surface area contributed by atoms with Gasteiger partial charge in [0.25, 0.3) is 11.5 Å². The molecule has 25 heavy (non-hydrogen) atoms. The van der Waals surface area contributed by atoms with E-state index in [2.05, 4.69) is 15.1 Å². The number of benzene rings is 1. The van der Waals surface area contributed by atoms with Crippen molar-refractivity contribution in [3.63, 3.8) is 0 Å². The van der Waals surface area contributed by atoms with E-state index in [0.29, 0.717) is 5.69 Å². The van der Waals surface area contributed by atoms with Crippen molar-refractivity contribution in [3.8, 4) is 11.9 Å². The molecule has 0 saturated carbocycles. The molecule has 126 valence electrons. The summed E-state index contributed by atoms with van der Waals surface area (Å²) in [5, 5.41) is 13.3. The van der Waals surface area contributed by atoms with E-state index in [1.807, 2.05) is 25.1 Å². The highest BCUT2D eigenvalue weighted by atomic mass is 16.2. The van der Waals surface area contributed by atoms with Gasteiger partial charge in [-0.2, -0.15) is 15.0 Å². The fourth-order valence-electron chi connectivity index (χ4n) is 2.72. The van der Waals surface area contributed by atoms with Crippen LogP contribution >= 0.6 is 0 Å². The SMILES string of the molecule is CCc1cccc(-n2nc3c(nc2=NC#N)C(C)C(=O)N(C)C3=O)c1. The molecule has 0 N–H and O–H groups in total. The standard InChI is InChI=1S/C17H16N6O2/c1-4-11-6-5-7-12(8-11)23-17(19-9-18)20-13-10(2)15(24)22(3)16(25)14(13)21-23/h5-8,10H,4H2,1-3H3. The van der Waals surface area contributed by atoms with Crippen molar-refractivity contribution >= 4 is 11.8 Å². The second-order valence-corrected chi connectivity index (χ2v) is 5.72. The maximum Gasteiger partial charge on any atom is 0.282 e. The predicted octanol–water partition coefficient (Wildman–Crippen LogP) is 0.927. The average Bonchev–Trinajstić information content (AvgIpc) is 2.64. The molecule has 1 atom stereocenters. The largest absolute Gasteiger partial charge is 0.282 e. The van der Waals surface area contributed by atoms with Gasteiger partial charge < -0.3 is 0 Å². The molecule has 1 aromatic heterocycles. The summed E-state index contributed by atoms with van der Waals surface area (Å²) in [7, 11) is 1.42. The van der Waals surface area contributed by atoms with Crippen LogP contribution in [0.5, 0.6) is 0 Å². The van der Waals surface area contributed by atoms with Crippen LogP contribution in [0.25, 0.3) is 5.69 Å². The van der Waals surface area contributed by atoms with E-state index in [1.54, 1.807) is 19.2 Å². The number of carbonyl (C=O) groups excluding carboxylic acids is 2. The zero-order valence-electron chi connectivity index (χ0n) is 14.1. The number of carbonyl (C=O) groups is 2. The van der Waals surface area contributed by atoms with E-state index < -0.39 is 11.8 Å². The molecule has 2 aromatic rings. The first-order chi connectivity index (χ1) is 12.0. The first-order valence-electron chi connectivity index (χ1n) is 7.83. The van der Waals surface area contributed by atoms with Gasteiger partial charge in [0, 0.05) is 7.05 Å². The Balaban J connectivity index is 2.31. The van der Waals surface area contributed by atoms with Crippen LogP contribution in [0, 0.1) is 11.5 Å². The van der Waals surface area contributed by atoms with Crippen LogP contribution in [0.3, 0.4) is 0 Å². The van der Waals surface area contributed by atoms with Crippen molar-refractivity contribution in [2.75, 3.05) is 7.05 Å². The zero-order chi connectivity index (χ0) is 18.1. The Morgan fingerprint density at radius 1 is 1.36 bits per heavy atom. The van der Waals surface area contributed by atoms with Crippen LogP contribution < -0.4 is 5.62 Å². The Morgan fingerprint density at radius 2 is 2.12 bits per heavy atom. The summed E-state index contributed by atoms with van der Waals surface area (Å²) in [5.74, 6) is -1.51. The molecular formula is C17H16N6O2. The number of nitriles is 1. The second kappa shape index (κ2) is 6.28. The summed E-state index contributed by atoms with van der Waals surface area (Å²) in [5.41, 5.74) is 2.08. The van der Waals surface area contributed by atoms with Crippen molar-refractivity contribution in [2.45, 2.75) is 26.2 Å². The Morgan fingerprint density at radius 3 is 2.80 bits per heavy atom. The second-order valence-electron chi connectivity index (χ2n) is 5.72. The molecule has 2 heterocycles. The maximum atomic E-state index is 12.4. The molecule has 8 nitrogen and oxygen atoms in total. The normalized spacial score (nSPS) is 17.4. The van der Waals surface area contributed by atoms with Gasteiger partial charge in [-0.25, -0.2) is 4.98 Å². The van der Waals surface area contributed by atoms with Gasteiger partial charge in [-0.1, -0.05) is 19.1 Å². The Bertz CT molecular complexity index is 985. The smallest absolute Gasteiger partial charge is 0.280 e. The van der Waals surface area contributed by atoms with Crippen LogP contribution in [0.2, 0.25) is 0 Å². The minimum Gasteiger partial charge on any atom is -0.280 e. The maximum absolute atomic E-state index is 12.4. The number of nitrogens with zero attached hydrogens (tertiary/aromatic N) is 6.